The van der Waals surface area contributed by atoms with Crippen LogP contribution < -0.4 is 0 Å². The molecular formula is C11H23F. The normalized spacial score (nSPS) is 16.5. The molecule has 0 aliphatic rings. The molecule has 0 aromatic carbocycles. The van der Waals surface area contributed by atoms with E-state index in [1.54, 1.807) is 6.92 Å². The summed E-state index contributed by atoms with van der Waals surface area (Å²) in [7, 11) is 0. The number of alkyl halides is 1. The molecule has 0 aliphatic heterocycles. The Morgan fingerprint density at radius 2 is 1.83 bits per heavy atom. The van der Waals surface area contributed by atoms with Crippen LogP contribution in [0.3, 0.4) is 0 Å². The van der Waals surface area contributed by atoms with Gasteiger partial charge >= 0.3 is 0 Å². The molecule has 12 heavy (non-hydrogen) atoms. The number of halogens is 1. The molecule has 0 spiro atoms. The van der Waals surface area contributed by atoms with E-state index >= 15 is 0 Å². The molecule has 1 atom stereocenters. The van der Waals surface area contributed by atoms with Gasteiger partial charge in [-0.25, -0.2) is 4.39 Å². The van der Waals surface area contributed by atoms with Gasteiger partial charge in [0.2, 0.25) is 0 Å². The van der Waals surface area contributed by atoms with Crippen molar-refractivity contribution >= 4 is 0 Å². The van der Waals surface area contributed by atoms with Gasteiger partial charge in [0.15, 0.2) is 0 Å². The molecule has 0 aliphatic carbocycles. The number of hydrogen-bond donors (Lipinski definition) is 0. The largest absolute Gasteiger partial charge is 0.244 e. The molecule has 0 aromatic heterocycles. The van der Waals surface area contributed by atoms with Crippen molar-refractivity contribution in [3.8, 4) is 0 Å². The van der Waals surface area contributed by atoms with Crippen molar-refractivity contribution in [1.82, 2.24) is 0 Å². The van der Waals surface area contributed by atoms with E-state index in [1.807, 2.05) is 6.92 Å². The first kappa shape index (κ1) is 11.9. The van der Waals surface area contributed by atoms with Crippen molar-refractivity contribution in [2.24, 2.45) is 5.92 Å². The van der Waals surface area contributed by atoms with Crippen LogP contribution >= 0.6 is 0 Å². The molecule has 74 valence electrons. The minimum Gasteiger partial charge on any atom is -0.244 e. The molecular weight excluding hydrogens is 151 g/mol. The first-order valence-corrected chi connectivity index (χ1v) is 5.17. The van der Waals surface area contributed by atoms with Crippen molar-refractivity contribution in [2.45, 2.75) is 65.5 Å². The van der Waals surface area contributed by atoms with E-state index in [4.69, 9.17) is 0 Å². The fraction of sp³-hybridized carbons (Fsp3) is 1.00. The molecule has 0 N–H and O–H groups in total. The lowest BCUT2D eigenvalue weighted by Gasteiger charge is -2.17. The second kappa shape index (κ2) is 5.55. The van der Waals surface area contributed by atoms with E-state index in [0.29, 0.717) is 6.42 Å². The third-order valence-corrected chi connectivity index (χ3v) is 2.47. The van der Waals surface area contributed by atoms with Crippen LogP contribution in [-0.4, -0.2) is 5.67 Å². The topological polar surface area (TPSA) is 0 Å². The van der Waals surface area contributed by atoms with Crippen LogP contribution in [-0.2, 0) is 0 Å². The van der Waals surface area contributed by atoms with E-state index in [1.165, 1.54) is 12.8 Å². The van der Waals surface area contributed by atoms with Gasteiger partial charge in [-0.2, -0.15) is 0 Å². The minimum absolute atomic E-state index is 0.647. The molecule has 1 heteroatoms. The molecule has 0 bridgehead atoms. The molecule has 0 saturated carbocycles. The monoisotopic (exact) mass is 174 g/mol. The summed E-state index contributed by atoms with van der Waals surface area (Å²) in [5, 5.41) is 0. The predicted molar refractivity (Wildman–Crippen MR) is 53.1 cm³/mol. The molecule has 1 unspecified atom stereocenters. The Hall–Kier alpha value is -0.0700. The summed E-state index contributed by atoms with van der Waals surface area (Å²) in [6, 6.07) is 0. The molecule has 0 rings (SSSR count). The van der Waals surface area contributed by atoms with Crippen LogP contribution in [0.15, 0.2) is 0 Å². The Morgan fingerprint density at radius 1 is 1.25 bits per heavy atom. The quantitative estimate of drug-likeness (QED) is 0.525. The highest BCUT2D eigenvalue weighted by atomic mass is 19.1. The summed E-state index contributed by atoms with van der Waals surface area (Å²) in [6.45, 7) is 8.06. The lowest BCUT2D eigenvalue weighted by atomic mass is 9.96. The molecule has 0 aromatic rings. The maximum atomic E-state index is 13.3. The Morgan fingerprint density at radius 3 is 2.25 bits per heavy atom. The fourth-order valence-electron chi connectivity index (χ4n) is 1.22. The van der Waals surface area contributed by atoms with E-state index in [0.717, 1.165) is 18.8 Å². The average molecular weight is 174 g/mol. The van der Waals surface area contributed by atoms with Crippen molar-refractivity contribution < 1.29 is 4.39 Å². The van der Waals surface area contributed by atoms with E-state index in [9.17, 15) is 4.39 Å². The van der Waals surface area contributed by atoms with Crippen LogP contribution in [0.5, 0.6) is 0 Å². The Balaban J connectivity index is 3.31. The van der Waals surface area contributed by atoms with Gasteiger partial charge in [-0.3, -0.25) is 0 Å². The summed E-state index contributed by atoms with van der Waals surface area (Å²) in [5.41, 5.74) is -0.920. The second-order valence-electron chi connectivity index (χ2n) is 4.41. The summed E-state index contributed by atoms with van der Waals surface area (Å²) >= 11 is 0. The lowest BCUT2D eigenvalue weighted by Crippen LogP contribution is -2.15. The zero-order chi connectivity index (χ0) is 9.61. The number of rotatable bonds is 6. The maximum absolute atomic E-state index is 13.3. The lowest BCUT2D eigenvalue weighted by molar-refractivity contribution is 0.163. The van der Waals surface area contributed by atoms with Gasteiger partial charge in [0.05, 0.1) is 0 Å². The first-order chi connectivity index (χ1) is 5.48. The maximum Gasteiger partial charge on any atom is 0.108 e. The van der Waals surface area contributed by atoms with Gasteiger partial charge in [0.25, 0.3) is 0 Å². The van der Waals surface area contributed by atoms with Gasteiger partial charge < -0.3 is 0 Å². The van der Waals surface area contributed by atoms with Gasteiger partial charge in [-0.15, -0.1) is 0 Å². The van der Waals surface area contributed by atoms with E-state index in [2.05, 4.69) is 13.8 Å². The van der Waals surface area contributed by atoms with Crippen molar-refractivity contribution in [3.05, 3.63) is 0 Å². The first-order valence-electron chi connectivity index (χ1n) is 5.17. The summed E-state index contributed by atoms with van der Waals surface area (Å²) in [5.74, 6) is 0.762. The fourth-order valence-corrected chi connectivity index (χ4v) is 1.22. The van der Waals surface area contributed by atoms with Gasteiger partial charge in [0, 0.05) is 0 Å². The summed E-state index contributed by atoms with van der Waals surface area (Å²) in [6.07, 6.45) is 4.83. The highest BCUT2D eigenvalue weighted by Gasteiger charge is 2.18. The van der Waals surface area contributed by atoms with Crippen molar-refractivity contribution in [2.75, 3.05) is 0 Å². The Kier molecular flexibility index (Phi) is 5.52. The third kappa shape index (κ3) is 6.63. The predicted octanol–water partition coefficient (Wildman–Crippen LogP) is 4.34. The van der Waals surface area contributed by atoms with Gasteiger partial charge in [-0.1, -0.05) is 40.0 Å². The number of hydrogen-bond acceptors (Lipinski definition) is 0. The molecule has 0 heterocycles. The zero-order valence-corrected chi connectivity index (χ0v) is 8.99. The van der Waals surface area contributed by atoms with Crippen LogP contribution in [0.4, 0.5) is 4.39 Å². The highest BCUT2D eigenvalue weighted by Crippen LogP contribution is 2.23. The van der Waals surface area contributed by atoms with Crippen LogP contribution in [0.2, 0.25) is 0 Å². The van der Waals surface area contributed by atoms with Crippen molar-refractivity contribution in [1.29, 1.82) is 0 Å². The Labute approximate surface area is 76.6 Å². The Bertz CT molecular complexity index is 106. The number of unbranched alkanes of at least 4 members (excludes halogenated alkanes) is 1. The molecule has 0 fully saturated rings. The van der Waals surface area contributed by atoms with Gasteiger partial charge in [0.1, 0.15) is 5.67 Å². The summed E-state index contributed by atoms with van der Waals surface area (Å²) in [4.78, 5) is 0. The van der Waals surface area contributed by atoms with Crippen molar-refractivity contribution in [3.63, 3.8) is 0 Å². The average Bonchev–Trinajstić information content (AvgIpc) is 1.98. The van der Waals surface area contributed by atoms with Crippen LogP contribution in [0.1, 0.15) is 59.8 Å². The standard InChI is InChI=1S/C11H23F/c1-5-11(4,12)9-7-6-8-10(2)3/h10H,5-9H2,1-4H3. The minimum atomic E-state index is -0.920. The van der Waals surface area contributed by atoms with Crippen LogP contribution in [0, 0.1) is 5.92 Å². The zero-order valence-electron chi connectivity index (χ0n) is 8.99. The smallest absolute Gasteiger partial charge is 0.108 e. The highest BCUT2D eigenvalue weighted by molar-refractivity contribution is 4.70. The third-order valence-electron chi connectivity index (χ3n) is 2.47. The second-order valence-corrected chi connectivity index (χ2v) is 4.41. The molecule has 0 amide bonds. The van der Waals surface area contributed by atoms with E-state index in [-0.39, 0.29) is 0 Å². The molecule has 0 saturated heterocycles. The van der Waals surface area contributed by atoms with E-state index < -0.39 is 5.67 Å². The van der Waals surface area contributed by atoms with Crippen LogP contribution in [0.25, 0.3) is 0 Å². The summed E-state index contributed by atoms with van der Waals surface area (Å²) < 4.78 is 13.3. The molecule has 0 radical (unpaired) electrons. The van der Waals surface area contributed by atoms with Gasteiger partial charge in [-0.05, 0) is 25.7 Å². The SMILES string of the molecule is CCC(C)(F)CCCCC(C)C. The molecule has 0 nitrogen and oxygen atoms in total.